The zero-order valence-electron chi connectivity index (χ0n) is 28.2. The number of ether oxygens (including phenoxy) is 4. The average molecular weight is 685 g/mol. The number of para-hydroxylation sites is 2. The van der Waals surface area contributed by atoms with E-state index in [4.69, 9.17) is 23.9 Å². The van der Waals surface area contributed by atoms with Gasteiger partial charge in [-0.3, -0.25) is 13.3 Å². The van der Waals surface area contributed by atoms with Gasteiger partial charge < -0.3 is 38.4 Å². The molecule has 2 heterocycles. The molecule has 15 heteroatoms. The Hall–Kier alpha value is -4.63. The molecular weight excluding hydrogens is 642 g/mol. The third-order valence-electron chi connectivity index (χ3n) is 7.16. The molecule has 0 spiro atoms. The first-order chi connectivity index (χ1) is 22.6. The predicted octanol–water partition coefficient (Wildman–Crippen LogP) is 5.42. The van der Waals surface area contributed by atoms with Crippen molar-refractivity contribution < 1.29 is 42.4 Å². The normalized spacial score (nSPS) is 14.2. The van der Waals surface area contributed by atoms with Crippen LogP contribution >= 0.6 is 0 Å². The number of methoxy groups -OCH3 is 1. The van der Waals surface area contributed by atoms with E-state index in [1.807, 2.05) is 32.9 Å². The highest BCUT2D eigenvalue weighted by molar-refractivity contribution is 7.81. The zero-order valence-corrected chi connectivity index (χ0v) is 29.0. The number of rotatable bonds is 11. The maximum absolute atomic E-state index is 13.0. The van der Waals surface area contributed by atoms with Gasteiger partial charge in [0, 0.05) is 26.2 Å². The summed E-state index contributed by atoms with van der Waals surface area (Å²) in [6.45, 7) is 12.4. The summed E-state index contributed by atoms with van der Waals surface area (Å²) in [6.07, 6.45) is -0.809. The largest absolute Gasteiger partial charge is 0.755 e. The van der Waals surface area contributed by atoms with Gasteiger partial charge in [-0.2, -0.15) is 9.97 Å². The predicted molar refractivity (Wildman–Crippen MR) is 179 cm³/mol. The number of benzene rings is 2. The van der Waals surface area contributed by atoms with Crippen molar-refractivity contribution in [3.8, 4) is 23.1 Å². The minimum absolute atomic E-state index is 0.0910. The van der Waals surface area contributed by atoms with E-state index in [-0.39, 0.29) is 66.4 Å². The molecule has 0 saturated carbocycles. The quantitative estimate of drug-likeness (QED) is 0.255. The van der Waals surface area contributed by atoms with Gasteiger partial charge >= 0.3 is 12.1 Å². The Balaban J connectivity index is 1.84. The van der Waals surface area contributed by atoms with Crippen molar-refractivity contribution in [1.82, 2.24) is 14.9 Å². The number of anilines is 3. The topological polar surface area (TPSA) is 167 Å². The Morgan fingerprint density at radius 2 is 1.58 bits per heavy atom. The summed E-state index contributed by atoms with van der Waals surface area (Å²) >= 11 is -2.92. The molecule has 14 nitrogen and oxygen atoms in total. The van der Waals surface area contributed by atoms with Crippen molar-refractivity contribution in [3.63, 3.8) is 0 Å². The van der Waals surface area contributed by atoms with E-state index >= 15 is 0 Å². The third-order valence-corrected chi connectivity index (χ3v) is 7.85. The second kappa shape index (κ2) is 15.1. The molecule has 0 bridgehead atoms. The summed E-state index contributed by atoms with van der Waals surface area (Å²) in [6, 6.07) is 13.7. The Kier molecular flexibility index (Phi) is 11.4. The van der Waals surface area contributed by atoms with Crippen LogP contribution in [0.25, 0.3) is 0 Å². The van der Waals surface area contributed by atoms with Crippen molar-refractivity contribution in [2.45, 2.75) is 59.0 Å². The maximum atomic E-state index is 13.0. The van der Waals surface area contributed by atoms with Gasteiger partial charge in [-0.05, 0) is 56.0 Å². The Labute approximate surface area is 283 Å². The standard InChI is InChI=1S/C33H43N5O9S/c1-32(2,3)22-12-14-23(15-13-22)38(48(42)43)28-27(46-25-11-9-8-10-24(25)44-7)29(45-21-16-26(39)40)35-30(34-28)36-17-19-37(20-18-36)31(41)47-33(4,5)6/h8-15H,16-21H2,1-7H3,(H,39,40)(H,42,43)/p-1. The number of carbonyl (C=O) groups is 2. The minimum atomic E-state index is -2.92. The first-order valence-electron chi connectivity index (χ1n) is 15.4. The van der Waals surface area contributed by atoms with Gasteiger partial charge in [-0.1, -0.05) is 45.0 Å². The van der Waals surface area contributed by atoms with Gasteiger partial charge in [0.05, 0.1) is 30.5 Å². The van der Waals surface area contributed by atoms with E-state index in [1.165, 1.54) is 7.11 Å². The molecule has 1 aromatic heterocycles. The fourth-order valence-corrected chi connectivity index (χ4v) is 5.27. The van der Waals surface area contributed by atoms with Crippen LogP contribution in [-0.2, 0) is 26.2 Å². The van der Waals surface area contributed by atoms with Crippen LogP contribution in [0.3, 0.4) is 0 Å². The number of amides is 1. The first kappa shape index (κ1) is 36.2. The number of hydrogen-bond donors (Lipinski definition) is 1. The van der Waals surface area contributed by atoms with Crippen LogP contribution in [0, 0.1) is 0 Å². The first-order valence-corrected chi connectivity index (χ1v) is 16.4. The van der Waals surface area contributed by atoms with Crippen LogP contribution in [0.5, 0.6) is 23.1 Å². The highest BCUT2D eigenvalue weighted by Crippen LogP contribution is 2.45. The summed E-state index contributed by atoms with van der Waals surface area (Å²) in [4.78, 5) is 36.7. The van der Waals surface area contributed by atoms with E-state index < -0.39 is 28.9 Å². The molecule has 1 fully saturated rings. The fourth-order valence-electron chi connectivity index (χ4n) is 4.71. The van der Waals surface area contributed by atoms with Crippen LogP contribution in [0.4, 0.5) is 22.2 Å². The summed E-state index contributed by atoms with van der Waals surface area (Å²) in [7, 11) is 1.46. The number of aromatic nitrogens is 2. The zero-order chi connectivity index (χ0) is 35.2. The van der Waals surface area contributed by atoms with E-state index in [0.29, 0.717) is 18.8 Å². The summed E-state index contributed by atoms with van der Waals surface area (Å²) in [5.41, 5.74) is 0.399. The van der Waals surface area contributed by atoms with Crippen molar-refractivity contribution in [2.75, 3.05) is 49.1 Å². The molecule has 4 rings (SSSR count). The van der Waals surface area contributed by atoms with Crippen LogP contribution in [0.2, 0.25) is 0 Å². The van der Waals surface area contributed by atoms with Crippen molar-refractivity contribution >= 4 is 40.8 Å². The van der Waals surface area contributed by atoms with Crippen molar-refractivity contribution in [1.29, 1.82) is 0 Å². The molecule has 1 amide bonds. The SMILES string of the molecule is COc1ccccc1Oc1c(OCCC(=O)O)nc(N2CCN(C(=O)OC(C)(C)C)CC2)nc1N(c1ccc(C(C)(C)C)cc1)S(=O)[O-]. The summed E-state index contributed by atoms with van der Waals surface area (Å²) in [5, 5.41) is 9.31. The molecule has 3 aromatic rings. The lowest BCUT2D eigenvalue weighted by atomic mass is 9.87. The molecule has 1 aliphatic rings. The number of aliphatic carboxylic acids is 1. The molecule has 260 valence electrons. The minimum Gasteiger partial charge on any atom is -0.755 e. The molecule has 1 atom stereocenters. The lowest BCUT2D eigenvalue weighted by Crippen LogP contribution is -2.50. The van der Waals surface area contributed by atoms with Crippen molar-refractivity contribution in [3.05, 3.63) is 54.1 Å². The number of carboxylic acids is 1. The second-order valence-corrected chi connectivity index (χ2v) is 13.8. The molecule has 2 aromatic carbocycles. The van der Waals surface area contributed by atoms with Crippen LogP contribution in [0.15, 0.2) is 48.5 Å². The number of nitrogens with zero attached hydrogens (tertiary/aromatic N) is 5. The van der Waals surface area contributed by atoms with Gasteiger partial charge in [0.25, 0.3) is 5.88 Å². The summed E-state index contributed by atoms with van der Waals surface area (Å²) < 4.78 is 50.1. The van der Waals surface area contributed by atoms with Gasteiger partial charge in [0.2, 0.25) is 11.7 Å². The molecule has 1 aliphatic heterocycles. The van der Waals surface area contributed by atoms with Crippen LogP contribution in [0.1, 0.15) is 53.5 Å². The van der Waals surface area contributed by atoms with E-state index in [9.17, 15) is 23.5 Å². The highest BCUT2D eigenvalue weighted by Gasteiger charge is 2.31. The Bertz CT molecular complexity index is 1620. The molecule has 1 unspecified atom stereocenters. The average Bonchev–Trinajstić information content (AvgIpc) is 3.01. The van der Waals surface area contributed by atoms with E-state index in [0.717, 1.165) is 9.87 Å². The van der Waals surface area contributed by atoms with E-state index in [1.54, 1.807) is 67.0 Å². The van der Waals surface area contributed by atoms with Gasteiger partial charge in [-0.15, -0.1) is 0 Å². The van der Waals surface area contributed by atoms with Gasteiger partial charge in [0.1, 0.15) is 12.2 Å². The lowest BCUT2D eigenvalue weighted by Gasteiger charge is -2.36. The molecule has 1 N–H and O–H groups in total. The number of piperazine rings is 1. The molecular formula is C33H42N5O9S-. The third kappa shape index (κ3) is 9.25. The Morgan fingerprint density at radius 1 is 0.958 bits per heavy atom. The second-order valence-electron chi connectivity index (χ2n) is 13.0. The van der Waals surface area contributed by atoms with E-state index in [2.05, 4.69) is 4.98 Å². The smallest absolute Gasteiger partial charge is 0.410 e. The molecule has 48 heavy (non-hydrogen) atoms. The van der Waals surface area contributed by atoms with Gasteiger partial charge in [-0.25, -0.2) is 4.79 Å². The molecule has 0 radical (unpaired) electrons. The highest BCUT2D eigenvalue weighted by atomic mass is 32.2. The Morgan fingerprint density at radius 3 is 2.12 bits per heavy atom. The fraction of sp³-hybridized carbons (Fsp3) is 0.455. The van der Waals surface area contributed by atoms with Crippen LogP contribution < -0.4 is 23.4 Å². The monoisotopic (exact) mass is 684 g/mol. The van der Waals surface area contributed by atoms with Crippen molar-refractivity contribution in [2.24, 2.45) is 0 Å². The summed E-state index contributed by atoms with van der Waals surface area (Å²) in [5.74, 6) is -0.992. The molecule has 0 aliphatic carbocycles. The van der Waals surface area contributed by atoms with Gasteiger partial charge in [0.15, 0.2) is 17.3 Å². The molecule has 1 saturated heterocycles. The number of carboxylic acid groups (broad SMARTS) is 1. The van der Waals surface area contributed by atoms with Crippen LogP contribution in [-0.4, -0.2) is 86.3 Å². The number of hydrogen-bond acceptors (Lipinski definition) is 11. The maximum Gasteiger partial charge on any atom is 0.410 e. The lowest BCUT2D eigenvalue weighted by molar-refractivity contribution is -0.137. The number of carbonyl (C=O) groups excluding carboxylic acids is 1.